The van der Waals surface area contributed by atoms with Crippen molar-refractivity contribution in [3.8, 4) is 0 Å². The Labute approximate surface area is 189 Å². The van der Waals surface area contributed by atoms with E-state index in [2.05, 4.69) is 54.0 Å². The molecule has 0 amide bonds. The Morgan fingerprint density at radius 2 is 1.52 bits per heavy atom. The Morgan fingerprint density at radius 1 is 0.935 bits per heavy atom. The normalized spacial score (nSPS) is 11.1. The first-order chi connectivity index (χ1) is 15.1. The summed E-state index contributed by atoms with van der Waals surface area (Å²) in [5.74, 6) is -0.300. The van der Waals surface area contributed by atoms with Crippen molar-refractivity contribution in [2.24, 2.45) is 0 Å². The molecule has 0 saturated carbocycles. The minimum Gasteiger partial charge on any atom is -0.462 e. The van der Waals surface area contributed by atoms with Crippen LogP contribution in [0.3, 0.4) is 0 Å². The molecule has 0 spiro atoms. The number of nitrogens with zero attached hydrogens (tertiary/aromatic N) is 1. The lowest BCUT2D eigenvalue weighted by Gasteiger charge is -2.27. The van der Waals surface area contributed by atoms with Gasteiger partial charge in [0.05, 0.1) is 17.2 Å². The number of hydrogen-bond donors (Lipinski definition) is 0. The van der Waals surface area contributed by atoms with E-state index in [0.29, 0.717) is 12.2 Å². The quantitative estimate of drug-likeness (QED) is 0.338. The summed E-state index contributed by atoms with van der Waals surface area (Å²) in [6.07, 6.45) is 2.07. The lowest BCUT2D eigenvalue weighted by molar-refractivity contribution is 0.0526. The maximum atomic E-state index is 11.9. The second-order valence-corrected chi connectivity index (χ2v) is 7.97. The van der Waals surface area contributed by atoms with Gasteiger partial charge in [0.2, 0.25) is 0 Å². The molecule has 0 fully saturated rings. The van der Waals surface area contributed by atoms with Gasteiger partial charge < -0.3 is 9.64 Å². The van der Waals surface area contributed by atoms with Crippen molar-refractivity contribution >= 4 is 28.3 Å². The van der Waals surface area contributed by atoms with Crippen LogP contribution in [0.15, 0.2) is 103 Å². The molecule has 3 nitrogen and oxygen atoms in total. The summed E-state index contributed by atoms with van der Waals surface area (Å²) >= 11 is 1.62. The Bertz CT molecular complexity index is 1030. The fraction of sp³-hybridized carbons (Fsp3) is 0.148. The highest BCUT2D eigenvalue weighted by atomic mass is 32.2. The minimum absolute atomic E-state index is 0.300. The average molecular weight is 430 g/mol. The first-order valence-electron chi connectivity index (χ1n) is 10.3. The number of rotatable bonds is 9. The van der Waals surface area contributed by atoms with E-state index in [1.54, 1.807) is 30.8 Å². The summed E-state index contributed by atoms with van der Waals surface area (Å²) in [6, 6.07) is 28.2. The molecule has 158 valence electrons. The lowest BCUT2D eigenvalue weighted by Crippen LogP contribution is -2.19. The van der Waals surface area contributed by atoms with Crippen LogP contribution in [-0.4, -0.2) is 12.6 Å². The monoisotopic (exact) mass is 429 g/mol. The van der Waals surface area contributed by atoms with E-state index >= 15 is 0 Å². The molecule has 0 unspecified atom stereocenters. The van der Waals surface area contributed by atoms with E-state index in [9.17, 15) is 4.79 Å². The fourth-order valence-electron chi connectivity index (χ4n) is 3.15. The molecule has 31 heavy (non-hydrogen) atoms. The van der Waals surface area contributed by atoms with Crippen LogP contribution in [0, 0.1) is 0 Å². The molecule has 0 aromatic heterocycles. The van der Waals surface area contributed by atoms with E-state index in [0.717, 1.165) is 27.7 Å². The number of anilines is 1. The number of carbonyl (C=O) groups excluding carboxylic acids is 1. The average Bonchev–Trinajstić information content (AvgIpc) is 2.82. The van der Waals surface area contributed by atoms with Gasteiger partial charge in [-0.25, -0.2) is 4.79 Å². The summed E-state index contributed by atoms with van der Waals surface area (Å²) in [7, 11) is 0. The van der Waals surface area contributed by atoms with Crippen LogP contribution in [0.2, 0.25) is 0 Å². The third-order valence-electron chi connectivity index (χ3n) is 4.72. The fourth-order valence-corrected chi connectivity index (χ4v) is 4.05. The Balaban J connectivity index is 1.80. The largest absolute Gasteiger partial charge is 0.462 e. The number of thioether (sulfide) groups is 1. The van der Waals surface area contributed by atoms with Gasteiger partial charge in [-0.1, -0.05) is 85.1 Å². The molecule has 0 bridgehead atoms. The maximum Gasteiger partial charge on any atom is 0.338 e. The zero-order chi connectivity index (χ0) is 22.1. The van der Waals surface area contributed by atoms with Gasteiger partial charge in [-0.3, -0.25) is 0 Å². The van der Waals surface area contributed by atoms with E-state index in [-0.39, 0.29) is 5.97 Å². The first-order valence-corrected chi connectivity index (χ1v) is 11.1. The van der Waals surface area contributed by atoms with Crippen LogP contribution in [0.1, 0.15) is 35.3 Å². The van der Waals surface area contributed by atoms with Crippen molar-refractivity contribution in [1.29, 1.82) is 0 Å². The smallest absolute Gasteiger partial charge is 0.338 e. The number of esters is 1. The van der Waals surface area contributed by atoms with E-state index in [4.69, 9.17) is 4.74 Å². The van der Waals surface area contributed by atoms with Crippen LogP contribution in [0.5, 0.6) is 0 Å². The molecule has 0 aliphatic heterocycles. The van der Waals surface area contributed by atoms with Crippen molar-refractivity contribution in [3.05, 3.63) is 119 Å². The van der Waals surface area contributed by atoms with Crippen molar-refractivity contribution in [2.75, 3.05) is 11.5 Å². The van der Waals surface area contributed by atoms with E-state index in [1.807, 2.05) is 43.3 Å². The summed E-state index contributed by atoms with van der Waals surface area (Å²) in [4.78, 5) is 15.2. The van der Waals surface area contributed by atoms with E-state index in [1.165, 1.54) is 5.56 Å². The lowest BCUT2D eigenvalue weighted by atomic mass is 10.1. The van der Waals surface area contributed by atoms with Gasteiger partial charge in [0.15, 0.2) is 0 Å². The van der Waals surface area contributed by atoms with Gasteiger partial charge in [0.1, 0.15) is 0 Å². The molecule has 4 heteroatoms. The van der Waals surface area contributed by atoms with Gasteiger partial charge in [0, 0.05) is 17.1 Å². The Kier molecular flexibility index (Phi) is 8.13. The van der Waals surface area contributed by atoms with Crippen molar-refractivity contribution in [2.45, 2.75) is 20.4 Å². The molecule has 3 rings (SSSR count). The topological polar surface area (TPSA) is 29.5 Å². The van der Waals surface area contributed by atoms with Gasteiger partial charge in [-0.15, -0.1) is 0 Å². The number of hydrogen-bond acceptors (Lipinski definition) is 4. The molecule has 0 N–H and O–H groups in total. The highest BCUT2D eigenvalue weighted by molar-refractivity contribution is 8.11. The second kappa shape index (κ2) is 11.2. The highest BCUT2D eigenvalue weighted by Crippen LogP contribution is 2.37. The number of para-hydroxylation sites is 1. The highest BCUT2D eigenvalue weighted by Gasteiger charge is 2.15. The van der Waals surface area contributed by atoms with Crippen LogP contribution < -0.4 is 4.90 Å². The third kappa shape index (κ3) is 6.12. The van der Waals surface area contributed by atoms with Gasteiger partial charge in [0.25, 0.3) is 0 Å². The third-order valence-corrected chi connectivity index (χ3v) is 5.87. The zero-order valence-corrected chi connectivity index (χ0v) is 18.8. The van der Waals surface area contributed by atoms with Gasteiger partial charge >= 0.3 is 5.97 Å². The molecule has 0 aliphatic carbocycles. The SMILES string of the molecule is C=C(S/C(=C\C)c1ccc(C(=O)OCC)cc1)N(Cc1ccccc1)c1ccccc1. The minimum atomic E-state index is -0.300. The molecule has 0 aliphatic rings. The molecule has 0 radical (unpaired) electrons. The van der Waals surface area contributed by atoms with Crippen LogP contribution in [-0.2, 0) is 11.3 Å². The predicted octanol–water partition coefficient (Wildman–Crippen LogP) is 7.14. The molecular formula is C27H27NO2S. The van der Waals surface area contributed by atoms with Crippen LogP contribution in [0.25, 0.3) is 4.91 Å². The summed E-state index contributed by atoms with van der Waals surface area (Å²) < 4.78 is 5.08. The van der Waals surface area contributed by atoms with Crippen molar-refractivity contribution in [1.82, 2.24) is 0 Å². The summed E-state index contributed by atoms with van der Waals surface area (Å²) in [5.41, 5.74) is 3.90. The molecule has 0 saturated heterocycles. The molecule has 3 aromatic rings. The number of benzene rings is 3. The standard InChI is InChI=1S/C27H27NO2S/c1-4-26(23-16-18-24(19-17-23)27(29)30-5-2)31-21(3)28(25-14-10-7-11-15-25)20-22-12-8-6-9-13-22/h4,6-19H,3,5,20H2,1-2H3/b26-4-. The second-order valence-electron chi connectivity index (χ2n) is 6.85. The Morgan fingerprint density at radius 3 is 2.10 bits per heavy atom. The molecular weight excluding hydrogens is 402 g/mol. The number of allylic oxidation sites excluding steroid dienone is 1. The predicted molar refractivity (Wildman–Crippen MR) is 132 cm³/mol. The molecule has 0 atom stereocenters. The van der Waals surface area contributed by atoms with Gasteiger partial charge in [-0.05, 0) is 49.2 Å². The molecule has 0 heterocycles. The van der Waals surface area contributed by atoms with Crippen molar-refractivity contribution in [3.63, 3.8) is 0 Å². The van der Waals surface area contributed by atoms with Crippen LogP contribution >= 0.6 is 11.8 Å². The maximum absolute atomic E-state index is 11.9. The number of ether oxygens (including phenoxy) is 1. The summed E-state index contributed by atoms with van der Waals surface area (Å²) in [5, 5.41) is 0.928. The van der Waals surface area contributed by atoms with Gasteiger partial charge in [-0.2, -0.15) is 0 Å². The first kappa shape index (κ1) is 22.4. The molecule has 3 aromatic carbocycles. The van der Waals surface area contributed by atoms with Crippen molar-refractivity contribution < 1.29 is 9.53 Å². The van der Waals surface area contributed by atoms with Crippen LogP contribution in [0.4, 0.5) is 5.69 Å². The van der Waals surface area contributed by atoms with E-state index < -0.39 is 0 Å². The zero-order valence-electron chi connectivity index (χ0n) is 18.0. The Hall–Kier alpha value is -3.24. The number of carbonyl (C=O) groups is 1. The summed E-state index contributed by atoms with van der Waals surface area (Å²) in [6.45, 7) is 9.30.